The van der Waals surface area contributed by atoms with Crippen LogP contribution in [0.25, 0.3) is 0 Å². The zero-order chi connectivity index (χ0) is 22.9. The summed E-state index contributed by atoms with van der Waals surface area (Å²) >= 11 is 0. The number of nitrogens with one attached hydrogen (secondary N) is 2. The van der Waals surface area contributed by atoms with Crippen LogP contribution in [0.15, 0.2) is 23.3 Å². The second-order valence-corrected chi connectivity index (χ2v) is 9.31. The van der Waals surface area contributed by atoms with Crippen molar-refractivity contribution in [1.82, 2.24) is 20.5 Å². The monoisotopic (exact) mass is 435 g/mol. The number of likely N-dealkylation sites (tertiary alicyclic amines) is 1. The first-order chi connectivity index (χ1) is 14.5. The summed E-state index contributed by atoms with van der Waals surface area (Å²) in [7, 11) is 3.47. The number of benzene rings is 1. The number of amides is 3. The fraction of sp³-hybridized carbons (Fsp3) is 0.591. The summed E-state index contributed by atoms with van der Waals surface area (Å²) in [4.78, 5) is 27.8. The fourth-order valence-corrected chi connectivity index (χ4v) is 4.29. The van der Waals surface area contributed by atoms with Crippen LogP contribution < -0.4 is 10.6 Å². The van der Waals surface area contributed by atoms with E-state index in [1.807, 2.05) is 27.8 Å². The number of rotatable bonds is 3. The van der Waals surface area contributed by atoms with Crippen molar-refractivity contribution < 1.29 is 18.4 Å². The standard InChI is InChI=1S/C22H31F2N5O2/c1-22(2,3)19(20(30)25-4)26-21(31)29-16-8-6-7-11-28(5)18(16)17(27-29)13-9-10-14(23)15(24)12-13/h9-10,12,16,18-19H,6-8,11H2,1-5H3,(H,25,30)(H,26,31)/t16?,18?,19-/m1/s1. The molecule has 0 aliphatic carbocycles. The van der Waals surface area contributed by atoms with Crippen LogP contribution in [0.1, 0.15) is 45.6 Å². The molecule has 3 amide bonds. The van der Waals surface area contributed by atoms with Gasteiger partial charge in [-0.3, -0.25) is 9.69 Å². The minimum atomic E-state index is -0.955. The lowest BCUT2D eigenvalue weighted by Gasteiger charge is -2.33. The Labute approximate surface area is 181 Å². The predicted octanol–water partition coefficient (Wildman–Crippen LogP) is 2.71. The number of fused-ring (bicyclic) bond motifs is 1. The van der Waals surface area contributed by atoms with E-state index in [-0.39, 0.29) is 18.0 Å². The molecule has 0 saturated carbocycles. The average Bonchev–Trinajstić information content (AvgIpc) is 2.99. The number of carbonyl (C=O) groups is 2. The first kappa shape index (κ1) is 23.1. The molecule has 2 unspecified atom stereocenters. The lowest BCUT2D eigenvalue weighted by Crippen LogP contribution is -2.57. The van der Waals surface area contributed by atoms with Crippen molar-refractivity contribution in [1.29, 1.82) is 0 Å². The Hall–Kier alpha value is -2.55. The van der Waals surface area contributed by atoms with Gasteiger partial charge in [0.2, 0.25) is 5.91 Å². The van der Waals surface area contributed by atoms with Crippen LogP contribution in [-0.4, -0.2) is 66.3 Å². The summed E-state index contributed by atoms with van der Waals surface area (Å²) in [6.45, 7) is 6.42. The topological polar surface area (TPSA) is 77.0 Å². The van der Waals surface area contributed by atoms with E-state index in [0.717, 1.165) is 37.9 Å². The van der Waals surface area contributed by atoms with Gasteiger partial charge in [0.05, 0.1) is 17.8 Å². The minimum absolute atomic E-state index is 0.244. The van der Waals surface area contributed by atoms with Crippen LogP contribution in [0.3, 0.4) is 0 Å². The minimum Gasteiger partial charge on any atom is -0.357 e. The van der Waals surface area contributed by atoms with E-state index in [9.17, 15) is 18.4 Å². The van der Waals surface area contributed by atoms with Crippen molar-refractivity contribution in [2.75, 3.05) is 20.6 Å². The Morgan fingerprint density at radius 3 is 2.52 bits per heavy atom. The third-order valence-electron chi connectivity index (χ3n) is 5.98. The van der Waals surface area contributed by atoms with Crippen molar-refractivity contribution in [3.63, 3.8) is 0 Å². The molecule has 2 heterocycles. The molecule has 170 valence electrons. The van der Waals surface area contributed by atoms with E-state index < -0.39 is 29.1 Å². The summed E-state index contributed by atoms with van der Waals surface area (Å²) in [5, 5.41) is 11.4. The summed E-state index contributed by atoms with van der Waals surface area (Å²) in [5.41, 5.74) is 0.453. The van der Waals surface area contributed by atoms with E-state index in [4.69, 9.17) is 0 Å². The van der Waals surface area contributed by atoms with Gasteiger partial charge in [-0.05, 0) is 56.5 Å². The van der Waals surface area contributed by atoms with Gasteiger partial charge >= 0.3 is 6.03 Å². The van der Waals surface area contributed by atoms with Crippen LogP contribution in [0.5, 0.6) is 0 Å². The smallest absolute Gasteiger partial charge is 0.338 e. The summed E-state index contributed by atoms with van der Waals surface area (Å²) < 4.78 is 27.4. The third kappa shape index (κ3) is 4.71. The normalized spacial score (nSPS) is 22.9. The molecule has 3 rings (SSSR count). The van der Waals surface area contributed by atoms with Crippen molar-refractivity contribution >= 4 is 17.6 Å². The molecule has 1 saturated heterocycles. The molecule has 2 N–H and O–H groups in total. The molecule has 0 aromatic heterocycles. The molecule has 0 spiro atoms. The summed E-state index contributed by atoms with van der Waals surface area (Å²) in [6.07, 6.45) is 2.60. The molecule has 1 aromatic carbocycles. The Bertz CT molecular complexity index is 883. The van der Waals surface area contributed by atoms with Crippen LogP contribution >= 0.6 is 0 Å². The highest BCUT2D eigenvalue weighted by Gasteiger charge is 2.45. The number of urea groups is 1. The van der Waals surface area contributed by atoms with Gasteiger partial charge < -0.3 is 10.6 Å². The molecule has 2 aliphatic heterocycles. The van der Waals surface area contributed by atoms with Crippen LogP contribution in [-0.2, 0) is 4.79 Å². The van der Waals surface area contributed by atoms with Crippen LogP contribution in [0.2, 0.25) is 0 Å². The molecule has 0 bridgehead atoms. The number of halogens is 2. The van der Waals surface area contributed by atoms with E-state index in [1.54, 1.807) is 0 Å². The molecular weight excluding hydrogens is 404 g/mol. The van der Waals surface area contributed by atoms with Gasteiger partial charge in [0.15, 0.2) is 11.6 Å². The van der Waals surface area contributed by atoms with Crippen molar-refractivity contribution in [2.45, 2.75) is 58.2 Å². The number of hydrogen-bond acceptors (Lipinski definition) is 4. The third-order valence-corrected chi connectivity index (χ3v) is 5.98. The maximum absolute atomic E-state index is 13.9. The Balaban J connectivity index is 1.97. The second kappa shape index (κ2) is 8.90. The average molecular weight is 436 g/mol. The van der Waals surface area contributed by atoms with Gasteiger partial charge in [-0.15, -0.1) is 0 Å². The molecule has 2 aliphatic rings. The molecule has 3 atom stereocenters. The van der Waals surface area contributed by atoms with Crippen LogP contribution in [0, 0.1) is 17.0 Å². The van der Waals surface area contributed by atoms with Gasteiger partial charge in [0.25, 0.3) is 0 Å². The highest BCUT2D eigenvalue weighted by molar-refractivity contribution is 6.07. The van der Waals surface area contributed by atoms with Crippen molar-refractivity contribution in [3.05, 3.63) is 35.4 Å². The highest BCUT2D eigenvalue weighted by Crippen LogP contribution is 2.31. The Kier molecular flexibility index (Phi) is 6.64. The molecule has 9 heteroatoms. The molecule has 1 fully saturated rings. The molecule has 0 radical (unpaired) electrons. The van der Waals surface area contributed by atoms with Crippen molar-refractivity contribution in [3.8, 4) is 0 Å². The first-order valence-electron chi connectivity index (χ1n) is 10.6. The highest BCUT2D eigenvalue weighted by atomic mass is 19.2. The predicted molar refractivity (Wildman–Crippen MR) is 115 cm³/mol. The fourth-order valence-electron chi connectivity index (χ4n) is 4.29. The SMILES string of the molecule is CNC(=O)[C@@H](NC(=O)N1N=C(c2ccc(F)c(F)c2)C2C1CCCCN2C)C(C)(C)C. The number of nitrogens with zero attached hydrogens (tertiary/aromatic N) is 3. The van der Waals surface area contributed by atoms with Gasteiger partial charge in [-0.2, -0.15) is 5.10 Å². The van der Waals surface area contributed by atoms with Gasteiger partial charge in [0.1, 0.15) is 6.04 Å². The number of likely N-dealkylation sites (N-methyl/N-ethyl adjacent to an activating group) is 2. The quantitative estimate of drug-likeness (QED) is 0.767. The van der Waals surface area contributed by atoms with Gasteiger partial charge in [0, 0.05) is 12.6 Å². The zero-order valence-corrected chi connectivity index (χ0v) is 18.7. The molecule has 31 heavy (non-hydrogen) atoms. The lowest BCUT2D eigenvalue weighted by molar-refractivity contribution is -0.124. The number of carbonyl (C=O) groups excluding carboxylic acids is 2. The van der Waals surface area contributed by atoms with E-state index >= 15 is 0 Å². The van der Waals surface area contributed by atoms with E-state index in [2.05, 4.69) is 20.6 Å². The zero-order valence-electron chi connectivity index (χ0n) is 18.7. The Morgan fingerprint density at radius 2 is 1.90 bits per heavy atom. The molecule has 7 nitrogen and oxygen atoms in total. The van der Waals surface area contributed by atoms with E-state index in [1.165, 1.54) is 18.1 Å². The van der Waals surface area contributed by atoms with E-state index in [0.29, 0.717) is 11.3 Å². The van der Waals surface area contributed by atoms with Crippen LogP contribution in [0.4, 0.5) is 13.6 Å². The summed E-state index contributed by atoms with van der Waals surface area (Å²) in [5.74, 6) is -2.18. The largest absolute Gasteiger partial charge is 0.357 e. The lowest BCUT2D eigenvalue weighted by atomic mass is 9.86. The van der Waals surface area contributed by atoms with Gasteiger partial charge in [-0.25, -0.2) is 18.6 Å². The summed E-state index contributed by atoms with van der Waals surface area (Å²) in [6, 6.07) is 1.93. The maximum Gasteiger partial charge on any atom is 0.338 e. The van der Waals surface area contributed by atoms with Crippen molar-refractivity contribution in [2.24, 2.45) is 10.5 Å². The van der Waals surface area contributed by atoms with Gasteiger partial charge in [-0.1, -0.05) is 20.8 Å². The number of hydrazone groups is 1. The maximum atomic E-state index is 13.9. The molecular formula is C22H31F2N5O2. The molecule has 1 aromatic rings. The number of hydrogen-bond donors (Lipinski definition) is 2. The second-order valence-electron chi connectivity index (χ2n) is 9.31. The first-order valence-corrected chi connectivity index (χ1v) is 10.6. The Morgan fingerprint density at radius 1 is 1.19 bits per heavy atom.